The Hall–Kier alpha value is -2.88. The Morgan fingerprint density at radius 3 is 2.77 bits per heavy atom. The SMILES string of the molecule is O=C(c1cc([N+](=O)[O-])ccc1Cl)N(Cc1ccccn1)c1nc2ccc(Br)cc2s1. The van der Waals surface area contributed by atoms with E-state index in [1.807, 2.05) is 24.3 Å². The quantitative estimate of drug-likeness (QED) is 0.251. The van der Waals surface area contributed by atoms with Gasteiger partial charge in [0.25, 0.3) is 11.6 Å². The van der Waals surface area contributed by atoms with E-state index in [9.17, 15) is 14.9 Å². The van der Waals surface area contributed by atoms with Gasteiger partial charge in [-0.1, -0.05) is 44.9 Å². The van der Waals surface area contributed by atoms with Crippen LogP contribution in [0.25, 0.3) is 10.2 Å². The summed E-state index contributed by atoms with van der Waals surface area (Å²) in [5.41, 5.74) is 1.20. The van der Waals surface area contributed by atoms with Gasteiger partial charge in [0.2, 0.25) is 0 Å². The van der Waals surface area contributed by atoms with E-state index in [1.54, 1.807) is 18.3 Å². The topological polar surface area (TPSA) is 89.2 Å². The van der Waals surface area contributed by atoms with Crippen LogP contribution < -0.4 is 4.90 Å². The summed E-state index contributed by atoms with van der Waals surface area (Å²) in [6.45, 7) is 0.139. The fourth-order valence-electron chi connectivity index (χ4n) is 2.82. The van der Waals surface area contributed by atoms with Crippen LogP contribution in [0, 0.1) is 10.1 Å². The molecule has 0 fully saturated rings. The molecule has 4 aromatic rings. The van der Waals surface area contributed by atoms with E-state index in [1.165, 1.54) is 34.4 Å². The van der Waals surface area contributed by atoms with Gasteiger partial charge in [0.1, 0.15) is 0 Å². The summed E-state index contributed by atoms with van der Waals surface area (Å²) in [6.07, 6.45) is 1.63. The molecule has 0 unspecified atom stereocenters. The zero-order valence-corrected chi connectivity index (χ0v) is 18.3. The summed E-state index contributed by atoms with van der Waals surface area (Å²) in [5, 5.41) is 11.8. The Kier molecular flexibility index (Phi) is 5.76. The highest BCUT2D eigenvalue weighted by Crippen LogP contribution is 2.33. The van der Waals surface area contributed by atoms with Crippen molar-refractivity contribution in [1.82, 2.24) is 9.97 Å². The number of nitro groups is 1. The van der Waals surface area contributed by atoms with E-state index in [4.69, 9.17) is 11.6 Å². The lowest BCUT2D eigenvalue weighted by atomic mass is 10.1. The van der Waals surface area contributed by atoms with Gasteiger partial charge in [-0.2, -0.15) is 0 Å². The zero-order chi connectivity index (χ0) is 21.3. The number of benzene rings is 2. The predicted octanol–water partition coefficient (Wildman–Crippen LogP) is 5.86. The molecule has 150 valence electrons. The van der Waals surface area contributed by atoms with Crippen molar-refractivity contribution in [2.24, 2.45) is 0 Å². The molecule has 0 spiro atoms. The summed E-state index contributed by atoms with van der Waals surface area (Å²) in [7, 11) is 0. The summed E-state index contributed by atoms with van der Waals surface area (Å²) in [6, 6.07) is 14.8. The highest BCUT2D eigenvalue weighted by atomic mass is 79.9. The van der Waals surface area contributed by atoms with Gasteiger partial charge in [0.05, 0.1) is 38.0 Å². The number of halogens is 2. The molecular weight excluding hydrogens is 492 g/mol. The van der Waals surface area contributed by atoms with Gasteiger partial charge in [-0.05, 0) is 36.4 Å². The first-order valence-electron chi connectivity index (χ1n) is 8.64. The van der Waals surface area contributed by atoms with Crippen LogP contribution in [0.4, 0.5) is 10.8 Å². The van der Waals surface area contributed by atoms with Gasteiger partial charge in [0, 0.05) is 22.8 Å². The Bertz CT molecular complexity index is 1270. The number of aromatic nitrogens is 2. The first-order valence-corrected chi connectivity index (χ1v) is 10.6. The smallest absolute Gasteiger partial charge is 0.270 e. The van der Waals surface area contributed by atoms with E-state index in [0.717, 1.165) is 14.7 Å². The monoisotopic (exact) mass is 502 g/mol. The number of carbonyl (C=O) groups excluding carboxylic acids is 1. The molecule has 30 heavy (non-hydrogen) atoms. The van der Waals surface area contributed by atoms with Crippen molar-refractivity contribution in [2.45, 2.75) is 6.54 Å². The van der Waals surface area contributed by atoms with Gasteiger partial charge < -0.3 is 0 Å². The minimum absolute atomic E-state index is 0.0298. The second-order valence-corrected chi connectivity index (χ2v) is 8.57. The van der Waals surface area contributed by atoms with Crippen molar-refractivity contribution in [3.05, 3.63) is 91.7 Å². The van der Waals surface area contributed by atoms with Gasteiger partial charge in [-0.25, -0.2) is 4.98 Å². The van der Waals surface area contributed by atoms with Crippen LogP contribution in [0.15, 0.2) is 65.3 Å². The first kappa shape index (κ1) is 20.4. The Labute approximate surface area is 188 Å². The van der Waals surface area contributed by atoms with Gasteiger partial charge in [-0.15, -0.1) is 0 Å². The minimum Gasteiger partial charge on any atom is -0.278 e. The fraction of sp³-hybridized carbons (Fsp3) is 0.0500. The standard InChI is InChI=1S/C20H12BrClN4O3S/c21-12-4-7-17-18(9-12)30-20(24-17)25(11-13-3-1-2-8-23-13)19(27)15-10-14(26(28)29)5-6-16(15)22/h1-10H,11H2. The second-order valence-electron chi connectivity index (χ2n) is 6.24. The molecule has 0 aliphatic carbocycles. The number of hydrogen-bond donors (Lipinski definition) is 0. The summed E-state index contributed by atoms with van der Waals surface area (Å²) in [5.74, 6) is -0.493. The van der Waals surface area contributed by atoms with Crippen molar-refractivity contribution in [1.29, 1.82) is 0 Å². The van der Waals surface area contributed by atoms with Crippen molar-refractivity contribution in [3.63, 3.8) is 0 Å². The largest absolute Gasteiger partial charge is 0.278 e. The van der Waals surface area contributed by atoms with Gasteiger partial charge in [-0.3, -0.25) is 24.8 Å². The third kappa shape index (κ3) is 4.18. The van der Waals surface area contributed by atoms with Gasteiger partial charge in [0.15, 0.2) is 5.13 Å². The number of rotatable bonds is 5. The molecule has 0 aliphatic rings. The van der Waals surface area contributed by atoms with Crippen LogP contribution in [0.1, 0.15) is 16.1 Å². The molecule has 2 aromatic carbocycles. The van der Waals surface area contributed by atoms with E-state index < -0.39 is 10.8 Å². The number of carbonyl (C=O) groups is 1. The Morgan fingerprint density at radius 2 is 2.03 bits per heavy atom. The number of nitro benzene ring substituents is 1. The minimum atomic E-state index is -0.564. The average Bonchev–Trinajstić information content (AvgIpc) is 3.15. The van der Waals surface area contributed by atoms with Crippen LogP contribution in [0.2, 0.25) is 5.02 Å². The number of thiazole rings is 1. The predicted molar refractivity (Wildman–Crippen MR) is 120 cm³/mol. The van der Waals surface area contributed by atoms with Crippen molar-refractivity contribution >= 4 is 65.8 Å². The van der Waals surface area contributed by atoms with Crippen molar-refractivity contribution in [3.8, 4) is 0 Å². The molecule has 0 saturated carbocycles. The molecule has 2 heterocycles. The molecule has 4 rings (SSSR count). The lowest BCUT2D eigenvalue weighted by molar-refractivity contribution is -0.384. The van der Waals surface area contributed by atoms with Crippen LogP contribution in [0.5, 0.6) is 0 Å². The van der Waals surface area contributed by atoms with Crippen LogP contribution in [0.3, 0.4) is 0 Å². The molecule has 0 saturated heterocycles. The zero-order valence-electron chi connectivity index (χ0n) is 15.2. The van der Waals surface area contributed by atoms with Gasteiger partial charge >= 0.3 is 0 Å². The highest BCUT2D eigenvalue weighted by Gasteiger charge is 2.25. The van der Waals surface area contributed by atoms with Crippen LogP contribution in [-0.2, 0) is 6.54 Å². The molecule has 1 amide bonds. The molecule has 0 radical (unpaired) electrons. The maximum absolute atomic E-state index is 13.4. The molecule has 7 nitrogen and oxygen atoms in total. The second kappa shape index (κ2) is 8.47. The van der Waals surface area contributed by atoms with Crippen LogP contribution >= 0.6 is 38.9 Å². The highest BCUT2D eigenvalue weighted by molar-refractivity contribution is 9.10. The number of pyridine rings is 1. The number of hydrogen-bond acceptors (Lipinski definition) is 6. The fourth-order valence-corrected chi connectivity index (χ4v) is 4.53. The third-order valence-corrected chi connectivity index (χ3v) is 6.12. The van der Waals surface area contributed by atoms with E-state index in [0.29, 0.717) is 10.8 Å². The summed E-state index contributed by atoms with van der Waals surface area (Å²) >= 11 is 11.0. The molecule has 0 atom stereocenters. The summed E-state index contributed by atoms with van der Waals surface area (Å²) in [4.78, 5) is 34.4. The number of non-ortho nitro benzene ring substituents is 1. The first-order chi connectivity index (χ1) is 14.4. The molecule has 0 N–H and O–H groups in total. The Morgan fingerprint density at radius 1 is 1.20 bits per heavy atom. The number of anilines is 1. The maximum atomic E-state index is 13.4. The van der Waals surface area contributed by atoms with Crippen molar-refractivity contribution < 1.29 is 9.72 Å². The van der Waals surface area contributed by atoms with E-state index in [-0.39, 0.29) is 22.8 Å². The third-order valence-electron chi connectivity index (χ3n) is 4.25. The number of amides is 1. The number of nitrogens with zero attached hydrogens (tertiary/aromatic N) is 4. The van der Waals surface area contributed by atoms with Crippen LogP contribution in [-0.4, -0.2) is 20.8 Å². The molecule has 0 aliphatic heterocycles. The summed E-state index contributed by atoms with van der Waals surface area (Å²) < 4.78 is 1.79. The molecule has 2 aromatic heterocycles. The van der Waals surface area contributed by atoms with E-state index >= 15 is 0 Å². The lowest BCUT2D eigenvalue weighted by Crippen LogP contribution is -2.31. The molecule has 0 bridgehead atoms. The molecule has 10 heteroatoms. The normalized spacial score (nSPS) is 10.9. The van der Waals surface area contributed by atoms with E-state index in [2.05, 4.69) is 25.9 Å². The Balaban J connectivity index is 1.81. The lowest BCUT2D eigenvalue weighted by Gasteiger charge is -2.20. The molecular formula is C20H12BrClN4O3S. The number of fused-ring (bicyclic) bond motifs is 1. The van der Waals surface area contributed by atoms with Crippen molar-refractivity contribution in [2.75, 3.05) is 4.90 Å². The maximum Gasteiger partial charge on any atom is 0.270 e. The average molecular weight is 504 g/mol.